The molecule has 14 heavy (non-hydrogen) atoms. The minimum atomic E-state index is 0.818. The second-order valence-electron chi connectivity index (χ2n) is 2.79. The van der Waals surface area contributed by atoms with Crippen LogP contribution in [0, 0.1) is 0 Å². The topological polar surface area (TPSA) is 37.8 Å². The number of hydrogen-bond donors (Lipinski definition) is 1. The molecule has 1 N–H and O–H groups in total. The van der Waals surface area contributed by atoms with E-state index in [-0.39, 0.29) is 0 Å². The Morgan fingerprint density at radius 1 is 1.43 bits per heavy atom. The second kappa shape index (κ2) is 4.63. The van der Waals surface area contributed by atoms with Crippen molar-refractivity contribution in [1.82, 2.24) is 15.5 Å². The zero-order chi connectivity index (χ0) is 9.80. The van der Waals surface area contributed by atoms with Crippen LogP contribution in [0.4, 0.5) is 0 Å². The fraction of sp³-hybridized carbons (Fsp3) is 0.333. The summed E-state index contributed by atoms with van der Waals surface area (Å²) in [6.45, 7) is 3.87. The predicted molar refractivity (Wildman–Crippen MR) is 60.6 cm³/mol. The average molecular weight is 225 g/mol. The first-order valence-electron chi connectivity index (χ1n) is 4.46. The Morgan fingerprint density at radius 2 is 2.36 bits per heavy atom. The van der Waals surface area contributed by atoms with Crippen molar-refractivity contribution in [2.75, 3.05) is 6.54 Å². The molecule has 0 amide bonds. The van der Waals surface area contributed by atoms with Crippen LogP contribution in [0.25, 0.3) is 10.6 Å². The summed E-state index contributed by atoms with van der Waals surface area (Å²) in [5, 5.41) is 17.7. The van der Waals surface area contributed by atoms with Crippen LogP contribution in [0.1, 0.15) is 11.9 Å². The second-order valence-corrected chi connectivity index (χ2v) is 4.64. The maximum Gasteiger partial charge on any atom is 0.148 e. The Bertz CT molecular complexity index is 380. The summed E-state index contributed by atoms with van der Waals surface area (Å²) in [5.41, 5.74) is 1.18. The molecule has 0 aliphatic rings. The van der Waals surface area contributed by atoms with E-state index in [1.807, 2.05) is 0 Å². The Morgan fingerprint density at radius 3 is 3.07 bits per heavy atom. The predicted octanol–water partition coefficient (Wildman–Crippen LogP) is 2.38. The summed E-state index contributed by atoms with van der Waals surface area (Å²) >= 11 is 3.34. The molecule has 0 bridgehead atoms. The monoisotopic (exact) mass is 225 g/mol. The van der Waals surface area contributed by atoms with Crippen molar-refractivity contribution in [1.29, 1.82) is 0 Å². The normalized spacial score (nSPS) is 10.6. The molecule has 0 unspecified atom stereocenters. The van der Waals surface area contributed by atoms with Crippen molar-refractivity contribution < 1.29 is 0 Å². The van der Waals surface area contributed by atoms with E-state index >= 15 is 0 Å². The molecule has 2 heterocycles. The molecule has 0 aliphatic heterocycles. The van der Waals surface area contributed by atoms with Crippen LogP contribution < -0.4 is 5.32 Å². The lowest BCUT2D eigenvalue weighted by Crippen LogP contribution is -2.11. The smallest absolute Gasteiger partial charge is 0.148 e. The van der Waals surface area contributed by atoms with Gasteiger partial charge in [0.05, 0.1) is 0 Å². The van der Waals surface area contributed by atoms with E-state index in [2.05, 4.69) is 39.3 Å². The van der Waals surface area contributed by atoms with E-state index in [0.717, 1.165) is 23.1 Å². The van der Waals surface area contributed by atoms with Crippen molar-refractivity contribution in [2.24, 2.45) is 0 Å². The minimum absolute atomic E-state index is 0.818. The van der Waals surface area contributed by atoms with Gasteiger partial charge in [-0.2, -0.15) is 11.3 Å². The van der Waals surface area contributed by atoms with Gasteiger partial charge in [-0.1, -0.05) is 18.3 Å². The fourth-order valence-electron chi connectivity index (χ4n) is 1.06. The zero-order valence-electron chi connectivity index (χ0n) is 7.86. The van der Waals surface area contributed by atoms with Crippen LogP contribution in [0.2, 0.25) is 0 Å². The Labute approximate surface area is 90.8 Å². The van der Waals surface area contributed by atoms with Gasteiger partial charge in [0, 0.05) is 17.5 Å². The van der Waals surface area contributed by atoms with Gasteiger partial charge in [-0.3, -0.25) is 0 Å². The number of rotatable bonds is 4. The van der Waals surface area contributed by atoms with E-state index in [0.29, 0.717) is 0 Å². The summed E-state index contributed by atoms with van der Waals surface area (Å²) < 4.78 is 0. The van der Waals surface area contributed by atoms with E-state index in [1.54, 1.807) is 22.7 Å². The van der Waals surface area contributed by atoms with Crippen LogP contribution in [0.5, 0.6) is 0 Å². The molecule has 74 valence electrons. The lowest BCUT2D eigenvalue weighted by molar-refractivity contribution is 0.715. The summed E-state index contributed by atoms with van der Waals surface area (Å²) in [4.78, 5) is 0. The largest absolute Gasteiger partial charge is 0.311 e. The molecule has 0 atom stereocenters. The molecular formula is C9H11N3S2. The maximum absolute atomic E-state index is 4.15. The van der Waals surface area contributed by atoms with Gasteiger partial charge in [0.25, 0.3) is 0 Å². The number of nitrogens with one attached hydrogen (secondary N) is 1. The van der Waals surface area contributed by atoms with E-state index in [9.17, 15) is 0 Å². The molecule has 0 saturated heterocycles. The zero-order valence-corrected chi connectivity index (χ0v) is 9.49. The van der Waals surface area contributed by atoms with Crippen molar-refractivity contribution in [3.8, 4) is 10.6 Å². The van der Waals surface area contributed by atoms with Crippen LogP contribution in [-0.2, 0) is 6.54 Å². The van der Waals surface area contributed by atoms with Crippen molar-refractivity contribution in [3.63, 3.8) is 0 Å². The molecule has 5 heteroatoms. The Balaban J connectivity index is 2.10. The van der Waals surface area contributed by atoms with Gasteiger partial charge in [0.2, 0.25) is 0 Å². The molecule has 0 aliphatic carbocycles. The summed E-state index contributed by atoms with van der Waals surface area (Å²) in [7, 11) is 0. The van der Waals surface area contributed by atoms with Crippen LogP contribution >= 0.6 is 22.7 Å². The van der Waals surface area contributed by atoms with E-state index < -0.39 is 0 Å². The van der Waals surface area contributed by atoms with Gasteiger partial charge in [0.1, 0.15) is 10.0 Å². The minimum Gasteiger partial charge on any atom is -0.311 e. The lowest BCUT2D eigenvalue weighted by Gasteiger charge is -1.93. The summed E-state index contributed by atoms with van der Waals surface area (Å²) in [6, 6.07) is 2.07. The summed E-state index contributed by atoms with van der Waals surface area (Å²) in [5.74, 6) is 0. The molecule has 0 saturated carbocycles. The highest BCUT2D eigenvalue weighted by molar-refractivity contribution is 7.15. The number of aromatic nitrogens is 2. The molecule has 3 nitrogen and oxygen atoms in total. The fourth-order valence-corrected chi connectivity index (χ4v) is 2.58. The highest BCUT2D eigenvalue weighted by Crippen LogP contribution is 2.25. The molecular weight excluding hydrogens is 214 g/mol. The van der Waals surface area contributed by atoms with Crippen molar-refractivity contribution in [2.45, 2.75) is 13.5 Å². The van der Waals surface area contributed by atoms with Crippen molar-refractivity contribution in [3.05, 3.63) is 21.8 Å². The third-order valence-electron chi connectivity index (χ3n) is 1.76. The lowest BCUT2D eigenvalue weighted by atomic mass is 10.4. The molecule has 0 spiro atoms. The first-order chi connectivity index (χ1) is 6.90. The van der Waals surface area contributed by atoms with Crippen LogP contribution in [0.3, 0.4) is 0 Å². The van der Waals surface area contributed by atoms with Gasteiger partial charge in [-0.15, -0.1) is 10.2 Å². The molecule has 0 aromatic carbocycles. The third kappa shape index (κ3) is 2.17. The first-order valence-corrected chi connectivity index (χ1v) is 6.21. The number of thiophene rings is 1. The van der Waals surface area contributed by atoms with Gasteiger partial charge in [0.15, 0.2) is 0 Å². The number of hydrogen-bond acceptors (Lipinski definition) is 5. The van der Waals surface area contributed by atoms with Crippen LogP contribution in [-0.4, -0.2) is 16.7 Å². The van der Waals surface area contributed by atoms with Crippen molar-refractivity contribution >= 4 is 22.7 Å². The molecule has 2 rings (SSSR count). The van der Waals surface area contributed by atoms with Gasteiger partial charge in [-0.05, 0) is 18.0 Å². The number of nitrogens with zero attached hydrogens (tertiary/aromatic N) is 2. The van der Waals surface area contributed by atoms with Gasteiger partial charge < -0.3 is 5.32 Å². The Kier molecular flexibility index (Phi) is 3.23. The van der Waals surface area contributed by atoms with E-state index in [1.165, 1.54) is 5.56 Å². The highest BCUT2D eigenvalue weighted by Gasteiger charge is 2.05. The van der Waals surface area contributed by atoms with Gasteiger partial charge >= 0.3 is 0 Å². The van der Waals surface area contributed by atoms with Gasteiger partial charge in [-0.25, -0.2) is 0 Å². The molecule has 0 fully saturated rings. The standard InChI is InChI=1S/C9H11N3S2/c1-2-10-5-8-11-12-9(14-8)7-3-4-13-6-7/h3-4,6,10H,2,5H2,1H3. The third-order valence-corrected chi connectivity index (χ3v) is 3.42. The SMILES string of the molecule is CCNCc1nnc(-c2ccsc2)s1. The molecule has 0 radical (unpaired) electrons. The molecule has 2 aromatic rings. The highest BCUT2D eigenvalue weighted by atomic mass is 32.1. The quantitative estimate of drug-likeness (QED) is 0.868. The molecule has 2 aromatic heterocycles. The average Bonchev–Trinajstić information content (AvgIpc) is 2.85. The maximum atomic E-state index is 4.15. The van der Waals surface area contributed by atoms with Crippen LogP contribution in [0.15, 0.2) is 16.8 Å². The first kappa shape index (κ1) is 9.76. The van der Waals surface area contributed by atoms with E-state index in [4.69, 9.17) is 0 Å². The summed E-state index contributed by atoms with van der Waals surface area (Å²) in [6.07, 6.45) is 0. The Hall–Kier alpha value is -0.780.